The molecule has 0 fully saturated rings. The topological polar surface area (TPSA) is 52.6 Å². The summed E-state index contributed by atoms with van der Waals surface area (Å²) in [6.07, 6.45) is 0. The van der Waals surface area contributed by atoms with Crippen LogP contribution in [0.15, 0.2) is 18.2 Å². The molecular weight excluding hydrogens is 240 g/mol. The zero-order chi connectivity index (χ0) is 14.6. The quantitative estimate of drug-likeness (QED) is 0.855. The van der Waals surface area contributed by atoms with Crippen molar-refractivity contribution in [2.75, 3.05) is 27.2 Å². The van der Waals surface area contributed by atoms with Gasteiger partial charge in [-0.05, 0) is 50.2 Å². The molecule has 19 heavy (non-hydrogen) atoms. The maximum absolute atomic E-state index is 12.0. The third kappa shape index (κ3) is 4.91. The van der Waals surface area contributed by atoms with E-state index in [1.807, 2.05) is 14.1 Å². The number of phenolic OH excluding ortho intramolecular Hbond substituents is 1. The lowest BCUT2D eigenvalue weighted by Crippen LogP contribution is -2.39. The van der Waals surface area contributed by atoms with Gasteiger partial charge in [-0.2, -0.15) is 0 Å². The minimum atomic E-state index is -0.102. The normalized spacial score (nSPS) is 11.7. The highest BCUT2D eigenvalue weighted by Crippen LogP contribution is 2.18. The zero-order valence-electron chi connectivity index (χ0n) is 12.4. The Morgan fingerprint density at radius 1 is 1.37 bits per heavy atom. The van der Waals surface area contributed by atoms with Gasteiger partial charge in [0.05, 0.1) is 0 Å². The van der Waals surface area contributed by atoms with Crippen molar-refractivity contribution in [3.05, 3.63) is 29.3 Å². The van der Waals surface area contributed by atoms with E-state index >= 15 is 0 Å². The molecule has 0 atom stereocenters. The number of aromatic hydroxyl groups is 1. The van der Waals surface area contributed by atoms with Crippen LogP contribution in [0.3, 0.4) is 0 Å². The van der Waals surface area contributed by atoms with Crippen LogP contribution < -0.4 is 5.32 Å². The Bertz CT molecular complexity index is 453. The molecule has 4 nitrogen and oxygen atoms in total. The molecule has 0 saturated carbocycles. The van der Waals surface area contributed by atoms with Gasteiger partial charge in [0.25, 0.3) is 5.91 Å². The first kappa shape index (κ1) is 15.5. The van der Waals surface area contributed by atoms with Crippen molar-refractivity contribution in [2.24, 2.45) is 5.41 Å². The Labute approximate surface area is 115 Å². The van der Waals surface area contributed by atoms with Gasteiger partial charge in [-0.3, -0.25) is 4.79 Å². The van der Waals surface area contributed by atoms with Gasteiger partial charge in [-0.15, -0.1) is 0 Å². The predicted octanol–water partition coefficient (Wildman–Crippen LogP) is 2.02. The van der Waals surface area contributed by atoms with E-state index in [-0.39, 0.29) is 17.1 Å². The smallest absolute Gasteiger partial charge is 0.251 e. The highest BCUT2D eigenvalue weighted by Gasteiger charge is 2.20. The minimum absolute atomic E-state index is 0.0190. The van der Waals surface area contributed by atoms with Crippen LogP contribution in [0.25, 0.3) is 0 Å². The average molecular weight is 264 g/mol. The van der Waals surface area contributed by atoms with Crippen molar-refractivity contribution in [1.82, 2.24) is 10.2 Å². The van der Waals surface area contributed by atoms with Crippen LogP contribution in [0.2, 0.25) is 0 Å². The number of nitrogens with one attached hydrogen (secondary N) is 1. The number of aryl methyl sites for hydroxylation is 1. The summed E-state index contributed by atoms with van der Waals surface area (Å²) in [6, 6.07) is 4.88. The largest absolute Gasteiger partial charge is 0.508 e. The highest BCUT2D eigenvalue weighted by atomic mass is 16.3. The van der Waals surface area contributed by atoms with Gasteiger partial charge in [-0.25, -0.2) is 0 Å². The highest BCUT2D eigenvalue weighted by molar-refractivity contribution is 5.94. The van der Waals surface area contributed by atoms with Gasteiger partial charge in [0.15, 0.2) is 0 Å². The second-order valence-corrected chi connectivity index (χ2v) is 6.09. The van der Waals surface area contributed by atoms with Gasteiger partial charge in [-0.1, -0.05) is 13.8 Å². The lowest BCUT2D eigenvalue weighted by molar-refractivity contribution is 0.0929. The van der Waals surface area contributed by atoms with Crippen molar-refractivity contribution in [3.63, 3.8) is 0 Å². The number of amides is 1. The third-order valence-electron chi connectivity index (χ3n) is 2.93. The van der Waals surface area contributed by atoms with Crippen molar-refractivity contribution in [3.8, 4) is 5.75 Å². The number of rotatable bonds is 5. The van der Waals surface area contributed by atoms with Crippen LogP contribution in [0, 0.1) is 12.3 Å². The molecular formula is C15H24N2O2. The molecule has 0 aromatic heterocycles. The number of nitrogens with zero attached hydrogens (tertiary/aromatic N) is 1. The number of hydrogen-bond acceptors (Lipinski definition) is 3. The molecule has 1 aromatic carbocycles. The number of benzene rings is 1. The summed E-state index contributed by atoms with van der Waals surface area (Å²) in [5.41, 5.74) is 1.31. The lowest BCUT2D eigenvalue weighted by atomic mass is 9.93. The standard InChI is InChI=1S/C15H24N2O2/c1-11-8-12(6-7-13(11)18)14(19)16-9-15(2,3)10-17(4)5/h6-8,18H,9-10H2,1-5H3,(H,16,19). The molecule has 0 bridgehead atoms. The van der Waals surface area contributed by atoms with Crippen molar-refractivity contribution >= 4 is 5.91 Å². The summed E-state index contributed by atoms with van der Waals surface area (Å²) in [5.74, 6) is 0.111. The minimum Gasteiger partial charge on any atom is -0.508 e. The number of carbonyl (C=O) groups is 1. The Balaban J connectivity index is 2.62. The van der Waals surface area contributed by atoms with E-state index in [0.29, 0.717) is 17.7 Å². The van der Waals surface area contributed by atoms with E-state index in [0.717, 1.165) is 6.54 Å². The van der Waals surface area contributed by atoms with Crippen LogP contribution in [0.1, 0.15) is 29.8 Å². The SMILES string of the molecule is Cc1cc(C(=O)NCC(C)(C)CN(C)C)ccc1O. The first-order chi connectivity index (χ1) is 8.71. The molecule has 0 aliphatic carbocycles. The van der Waals surface area contributed by atoms with Gasteiger partial charge in [0.1, 0.15) is 5.75 Å². The molecule has 1 rings (SSSR count). The van der Waals surface area contributed by atoms with E-state index in [4.69, 9.17) is 0 Å². The first-order valence-corrected chi connectivity index (χ1v) is 6.44. The molecule has 106 valence electrons. The van der Waals surface area contributed by atoms with Gasteiger partial charge in [0.2, 0.25) is 0 Å². The van der Waals surface area contributed by atoms with Crippen molar-refractivity contribution in [1.29, 1.82) is 0 Å². The Kier molecular flexibility index (Phi) is 4.95. The summed E-state index contributed by atoms with van der Waals surface area (Å²) < 4.78 is 0. The Hall–Kier alpha value is -1.55. The first-order valence-electron chi connectivity index (χ1n) is 6.44. The fourth-order valence-corrected chi connectivity index (χ4v) is 2.13. The molecule has 4 heteroatoms. The second-order valence-electron chi connectivity index (χ2n) is 6.09. The Morgan fingerprint density at radius 3 is 2.53 bits per heavy atom. The average Bonchev–Trinajstić information content (AvgIpc) is 2.28. The van der Waals surface area contributed by atoms with E-state index in [1.54, 1.807) is 25.1 Å². The molecule has 0 spiro atoms. The Morgan fingerprint density at radius 2 is 2.00 bits per heavy atom. The summed E-state index contributed by atoms with van der Waals surface area (Å²) in [5, 5.41) is 12.4. The predicted molar refractivity (Wildman–Crippen MR) is 77.5 cm³/mol. The van der Waals surface area contributed by atoms with Gasteiger partial charge in [0, 0.05) is 18.7 Å². The van der Waals surface area contributed by atoms with Crippen LogP contribution in [-0.4, -0.2) is 43.1 Å². The molecule has 1 amide bonds. The molecule has 0 heterocycles. The van der Waals surface area contributed by atoms with Gasteiger partial charge < -0.3 is 15.3 Å². The lowest BCUT2D eigenvalue weighted by Gasteiger charge is -2.28. The maximum atomic E-state index is 12.0. The second kappa shape index (κ2) is 6.06. The molecule has 0 unspecified atom stereocenters. The number of carbonyl (C=O) groups excluding carboxylic acids is 1. The van der Waals surface area contributed by atoms with Crippen LogP contribution in [-0.2, 0) is 0 Å². The third-order valence-corrected chi connectivity index (χ3v) is 2.93. The van der Waals surface area contributed by atoms with E-state index in [2.05, 4.69) is 24.1 Å². The monoisotopic (exact) mass is 264 g/mol. The molecule has 0 aliphatic heterocycles. The van der Waals surface area contributed by atoms with E-state index in [1.165, 1.54) is 0 Å². The van der Waals surface area contributed by atoms with Crippen LogP contribution in [0.4, 0.5) is 0 Å². The van der Waals surface area contributed by atoms with Crippen molar-refractivity contribution < 1.29 is 9.90 Å². The maximum Gasteiger partial charge on any atom is 0.251 e. The molecule has 1 aromatic rings. The summed E-state index contributed by atoms with van der Waals surface area (Å²) in [7, 11) is 4.04. The molecule has 0 aliphatic rings. The molecule has 0 saturated heterocycles. The van der Waals surface area contributed by atoms with Crippen LogP contribution in [0.5, 0.6) is 5.75 Å². The fourth-order valence-electron chi connectivity index (χ4n) is 2.13. The van der Waals surface area contributed by atoms with Gasteiger partial charge >= 0.3 is 0 Å². The zero-order valence-corrected chi connectivity index (χ0v) is 12.4. The molecule has 2 N–H and O–H groups in total. The summed E-state index contributed by atoms with van der Waals surface area (Å²) >= 11 is 0. The van der Waals surface area contributed by atoms with Crippen LogP contribution >= 0.6 is 0 Å². The van der Waals surface area contributed by atoms with E-state index in [9.17, 15) is 9.90 Å². The van der Waals surface area contributed by atoms with Crippen molar-refractivity contribution in [2.45, 2.75) is 20.8 Å². The fraction of sp³-hybridized carbons (Fsp3) is 0.533. The number of phenols is 1. The van der Waals surface area contributed by atoms with E-state index < -0.39 is 0 Å². The molecule has 0 radical (unpaired) electrons. The summed E-state index contributed by atoms with van der Waals surface area (Å²) in [6.45, 7) is 7.54. The number of hydrogen-bond donors (Lipinski definition) is 2. The summed E-state index contributed by atoms with van der Waals surface area (Å²) in [4.78, 5) is 14.1.